The van der Waals surface area contributed by atoms with Gasteiger partial charge in [0.1, 0.15) is 11.5 Å². The monoisotopic (exact) mass is 185 g/mol. The summed E-state index contributed by atoms with van der Waals surface area (Å²) in [4.78, 5) is 0. The summed E-state index contributed by atoms with van der Waals surface area (Å²) < 4.78 is 10.0. The van der Waals surface area contributed by atoms with Crippen molar-refractivity contribution in [3.8, 4) is 11.5 Å². The van der Waals surface area contributed by atoms with Crippen LogP contribution in [0.1, 0.15) is 5.56 Å². The van der Waals surface area contributed by atoms with Crippen molar-refractivity contribution in [2.75, 3.05) is 14.2 Å². The van der Waals surface area contributed by atoms with Gasteiger partial charge in [-0.2, -0.15) is 0 Å². The third-order valence-corrected chi connectivity index (χ3v) is 1.85. The lowest BCUT2D eigenvalue weighted by molar-refractivity contribution is 0.402. The standard InChI is InChI=1S/C9H10ClO2/c1-6-4-9(12-3)7(10)5-8(6)11-2/h4-5H,1H2,2-3H3. The van der Waals surface area contributed by atoms with E-state index in [4.69, 9.17) is 21.1 Å². The average Bonchev–Trinajstić information content (AvgIpc) is 2.08. The fourth-order valence-corrected chi connectivity index (χ4v) is 1.15. The van der Waals surface area contributed by atoms with Gasteiger partial charge >= 0.3 is 0 Å². The minimum absolute atomic E-state index is 0.529. The molecule has 0 amide bonds. The van der Waals surface area contributed by atoms with Crippen LogP contribution in [-0.4, -0.2) is 14.2 Å². The van der Waals surface area contributed by atoms with Crippen LogP contribution in [0.3, 0.4) is 0 Å². The van der Waals surface area contributed by atoms with Gasteiger partial charge in [0.25, 0.3) is 0 Å². The molecule has 1 aromatic carbocycles. The van der Waals surface area contributed by atoms with Gasteiger partial charge in [0.15, 0.2) is 0 Å². The Bertz CT molecular complexity index is 254. The molecule has 0 aliphatic carbocycles. The molecule has 2 nitrogen and oxygen atoms in total. The third-order valence-electron chi connectivity index (χ3n) is 1.55. The molecular formula is C9H10ClO2. The predicted molar refractivity (Wildman–Crippen MR) is 49.0 cm³/mol. The van der Waals surface area contributed by atoms with Crippen LogP contribution in [-0.2, 0) is 0 Å². The normalized spacial score (nSPS) is 9.67. The zero-order valence-corrected chi connectivity index (χ0v) is 7.81. The van der Waals surface area contributed by atoms with E-state index in [9.17, 15) is 0 Å². The lowest BCUT2D eigenvalue weighted by Crippen LogP contribution is -1.90. The largest absolute Gasteiger partial charge is 0.496 e. The molecule has 1 aromatic rings. The van der Waals surface area contributed by atoms with E-state index in [1.807, 2.05) is 0 Å². The number of ether oxygens (including phenoxy) is 2. The zero-order valence-electron chi connectivity index (χ0n) is 7.06. The maximum absolute atomic E-state index is 5.85. The first kappa shape index (κ1) is 9.20. The van der Waals surface area contributed by atoms with Crippen molar-refractivity contribution in [2.45, 2.75) is 0 Å². The fourth-order valence-electron chi connectivity index (χ4n) is 0.924. The second kappa shape index (κ2) is 3.68. The summed E-state index contributed by atoms with van der Waals surface area (Å²) in [6.45, 7) is 3.78. The summed E-state index contributed by atoms with van der Waals surface area (Å²) in [5, 5.41) is 0.529. The van der Waals surface area contributed by atoms with Gasteiger partial charge in [-0.05, 0) is 18.6 Å². The maximum atomic E-state index is 5.85. The molecule has 1 rings (SSSR count). The molecule has 3 heteroatoms. The Kier molecular flexibility index (Phi) is 2.82. The Labute approximate surface area is 77.1 Å². The highest BCUT2D eigenvalue weighted by Crippen LogP contribution is 2.31. The lowest BCUT2D eigenvalue weighted by atomic mass is 10.2. The highest BCUT2D eigenvalue weighted by atomic mass is 35.5. The van der Waals surface area contributed by atoms with E-state index >= 15 is 0 Å². The van der Waals surface area contributed by atoms with Gasteiger partial charge in [-0.15, -0.1) is 0 Å². The molecular weight excluding hydrogens is 176 g/mol. The summed E-state index contributed by atoms with van der Waals surface area (Å²) in [6.07, 6.45) is 0. The summed E-state index contributed by atoms with van der Waals surface area (Å²) >= 11 is 5.85. The average molecular weight is 186 g/mol. The van der Waals surface area contributed by atoms with Crippen molar-refractivity contribution >= 4 is 11.6 Å². The van der Waals surface area contributed by atoms with E-state index in [1.54, 1.807) is 26.4 Å². The summed E-state index contributed by atoms with van der Waals surface area (Å²) in [6, 6.07) is 3.42. The van der Waals surface area contributed by atoms with Crippen LogP contribution < -0.4 is 9.47 Å². The Morgan fingerprint density at radius 3 is 2.25 bits per heavy atom. The van der Waals surface area contributed by atoms with Crippen LogP contribution in [0.15, 0.2) is 12.1 Å². The van der Waals surface area contributed by atoms with E-state index < -0.39 is 0 Å². The maximum Gasteiger partial charge on any atom is 0.137 e. The molecule has 0 saturated carbocycles. The van der Waals surface area contributed by atoms with E-state index in [0.717, 1.165) is 5.56 Å². The van der Waals surface area contributed by atoms with Gasteiger partial charge in [-0.1, -0.05) is 11.6 Å². The first-order chi connectivity index (χ1) is 5.69. The van der Waals surface area contributed by atoms with Crippen molar-refractivity contribution in [3.63, 3.8) is 0 Å². The highest BCUT2D eigenvalue weighted by Gasteiger charge is 2.05. The smallest absolute Gasteiger partial charge is 0.137 e. The quantitative estimate of drug-likeness (QED) is 0.705. The van der Waals surface area contributed by atoms with Crippen LogP contribution >= 0.6 is 11.6 Å². The van der Waals surface area contributed by atoms with E-state index in [2.05, 4.69) is 6.92 Å². The highest BCUT2D eigenvalue weighted by molar-refractivity contribution is 6.32. The number of methoxy groups -OCH3 is 2. The molecule has 0 bridgehead atoms. The van der Waals surface area contributed by atoms with Crippen LogP contribution in [0.25, 0.3) is 0 Å². The summed E-state index contributed by atoms with van der Waals surface area (Å²) in [7, 11) is 3.14. The predicted octanol–water partition coefficient (Wildman–Crippen LogP) is 2.54. The van der Waals surface area contributed by atoms with E-state index in [1.165, 1.54) is 0 Å². The fraction of sp³-hybridized carbons (Fsp3) is 0.222. The molecule has 0 atom stereocenters. The van der Waals surface area contributed by atoms with Gasteiger partial charge in [0, 0.05) is 6.07 Å². The molecule has 0 aliphatic heterocycles. The topological polar surface area (TPSA) is 18.5 Å². The molecule has 0 fully saturated rings. The minimum atomic E-state index is 0.529. The van der Waals surface area contributed by atoms with Crippen molar-refractivity contribution in [3.05, 3.63) is 29.6 Å². The first-order valence-electron chi connectivity index (χ1n) is 3.42. The van der Waals surface area contributed by atoms with Gasteiger partial charge in [0.2, 0.25) is 0 Å². The van der Waals surface area contributed by atoms with Gasteiger partial charge in [-0.25, -0.2) is 0 Å². The van der Waals surface area contributed by atoms with E-state index in [-0.39, 0.29) is 0 Å². The number of rotatable bonds is 2. The van der Waals surface area contributed by atoms with Crippen LogP contribution in [0.5, 0.6) is 11.5 Å². The molecule has 0 N–H and O–H groups in total. The van der Waals surface area contributed by atoms with Gasteiger partial charge < -0.3 is 9.47 Å². The summed E-state index contributed by atoms with van der Waals surface area (Å²) in [5.41, 5.74) is 0.763. The van der Waals surface area contributed by atoms with Crippen LogP contribution in [0.4, 0.5) is 0 Å². The second-order valence-electron chi connectivity index (χ2n) is 2.30. The number of hydrogen-bond acceptors (Lipinski definition) is 2. The molecule has 1 radical (unpaired) electrons. The number of benzene rings is 1. The number of halogens is 1. The Hall–Kier alpha value is -0.890. The van der Waals surface area contributed by atoms with Gasteiger partial charge in [-0.3, -0.25) is 0 Å². The molecule has 0 aliphatic rings. The first-order valence-corrected chi connectivity index (χ1v) is 3.80. The zero-order chi connectivity index (χ0) is 9.14. The molecule has 0 saturated heterocycles. The molecule has 0 heterocycles. The van der Waals surface area contributed by atoms with Crippen molar-refractivity contribution in [1.29, 1.82) is 0 Å². The number of hydrogen-bond donors (Lipinski definition) is 0. The summed E-state index contributed by atoms with van der Waals surface area (Å²) in [5.74, 6) is 1.28. The van der Waals surface area contributed by atoms with E-state index in [0.29, 0.717) is 16.5 Å². The van der Waals surface area contributed by atoms with Crippen molar-refractivity contribution in [1.82, 2.24) is 0 Å². The van der Waals surface area contributed by atoms with Crippen molar-refractivity contribution < 1.29 is 9.47 Å². The molecule has 0 aromatic heterocycles. The molecule has 12 heavy (non-hydrogen) atoms. The second-order valence-corrected chi connectivity index (χ2v) is 2.71. The Balaban J connectivity index is 3.16. The van der Waals surface area contributed by atoms with Crippen molar-refractivity contribution in [2.24, 2.45) is 0 Å². The molecule has 0 unspecified atom stereocenters. The molecule has 0 spiro atoms. The Morgan fingerprint density at radius 2 is 1.75 bits per heavy atom. The van der Waals surface area contributed by atoms with Crippen LogP contribution in [0, 0.1) is 6.92 Å². The SMILES string of the molecule is [CH2]c1cc(OC)c(Cl)cc1OC. The third kappa shape index (κ3) is 1.64. The minimum Gasteiger partial charge on any atom is -0.496 e. The molecule has 65 valence electrons. The lowest BCUT2D eigenvalue weighted by Gasteiger charge is -2.08. The van der Waals surface area contributed by atoms with Crippen LogP contribution in [0.2, 0.25) is 5.02 Å². The Morgan fingerprint density at radius 1 is 1.17 bits per heavy atom. The van der Waals surface area contributed by atoms with Gasteiger partial charge in [0.05, 0.1) is 19.2 Å².